The molecular formula is C14H12O5. The van der Waals surface area contributed by atoms with Gasteiger partial charge in [0.2, 0.25) is 11.4 Å². The first-order valence-electron chi connectivity index (χ1n) is 6.09. The van der Waals surface area contributed by atoms with Crippen LogP contribution in [0.1, 0.15) is 40.0 Å². The third-order valence-electron chi connectivity index (χ3n) is 4.07. The molecule has 0 unspecified atom stereocenters. The van der Waals surface area contributed by atoms with Crippen molar-refractivity contribution in [2.45, 2.75) is 30.5 Å². The van der Waals surface area contributed by atoms with Crippen molar-refractivity contribution in [3.05, 3.63) is 35.4 Å². The van der Waals surface area contributed by atoms with Crippen molar-refractivity contribution in [2.24, 2.45) is 0 Å². The quantitative estimate of drug-likeness (QED) is 0.654. The van der Waals surface area contributed by atoms with E-state index in [1.165, 1.54) is 12.1 Å². The second kappa shape index (κ2) is 3.59. The van der Waals surface area contributed by atoms with Crippen LogP contribution in [0.25, 0.3) is 0 Å². The maximum Gasteiger partial charge on any atom is 0.222 e. The molecule has 1 aromatic carbocycles. The average molecular weight is 260 g/mol. The Hall–Kier alpha value is -1.85. The molecule has 1 aromatic rings. The summed E-state index contributed by atoms with van der Waals surface area (Å²) in [6.07, 6.45) is 0.174. The van der Waals surface area contributed by atoms with Crippen LogP contribution in [0.5, 0.6) is 0 Å². The second-order valence-electron chi connectivity index (χ2n) is 5.05. The Kier molecular flexibility index (Phi) is 2.30. The Morgan fingerprint density at radius 1 is 0.947 bits per heavy atom. The maximum atomic E-state index is 12.4. The molecule has 5 heteroatoms. The smallest absolute Gasteiger partial charge is 0.222 e. The van der Waals surface area contributed by atoms with Crippen molar-refractivity contribution in [2.75, 3.05) is 0 Å². The minimum absolute atomic E-state index is 0.00470. The van der Waals surface area contributed by atoms with Crippen LogP contribution in [0, 0.1) is 0 Å². The summed E-state index contributed by atoms with van der Waals surface area (Å²) in [7, 11) is 0. The van der Waals surface area contributed by atoms with Gasteiger partial charge in [0, 0.05) is 17.5 Å². The predicted molar refractivity (Wildman–Crippen MR) is 63.9 cm³/mol. The average Bonchev–Trinajstić information content (AvgIpc) is 2.42. The van der Waals surface area contributed by atoms with E-state index in [4.69, 9.17) is 0 Å². The zero-order valence-corrected chi connectivity index (χ0v) is 10.0. The first-order chi connectivity index (χ1) is 8.93. The minimum atomic E-state index is -2.63. The molecule has 0 spiro atoms. The fraction of sp³-hybridized carbons (Fsp3) is 0.357. The lowest BCUT2D eigenvalue weighted by Crippen LogP contribution is -2.71. The fourth-order valence-electron chi connectivity index (χ4n) is 2.99. The van der Waals surface area contributed by atoms with Crippen molar-refractivity contribution >= 4 is 17.3 Å². The monoisotopic (exact) mass is 260 g/mol. The van der Waals surface area contributed by atoms with Crippen molar-refractivity contribution in [1.82, 2.24) is 0 Å². The number of aliphatic hydroxyl groups is 2. The van der Waals surface area contributed by atoms with E-state index in [0.29, 0.717) is 0 Å². The highest BCUT2D eigenvalue weighted by atomic mass is 16.4. The molecule has 0 aromatic heterocycles. The van der Waals surface area contributed by atoms with E-state index in [1.807, 2.05) is 0 Å². The summed E-state index contributed by atoms with van der Waals surface area (Å²) in [5.74, 6) is -2.41. The summed E-state index contributed by atoms with van der Waals surface area (Å²) in [4.78, 5) is 36.6. The zero-order valence-electron chi connectivity index (χ0n) is 10.0. The molecule has 19 heavy (non-hydrogen) atoms. The van der Waals surface area contributed by atoms with E-state index < -0.39 is 28.6 Å². The normalized spacial score (nSPS) is 33.9. The number of benzene rings is 1. The Morgan fingerprint density at radius 2 is 1.53 bits per heavy atom. The third kappa shape index (κ3) is 1.24. The molecular weight excluding hydrogens is 248 g/mol. The van der Waals surface area contributed by atoms with Crippen LogP contribution in [0.15, 0.2) is 24.3 Å². The number of fused-ring (bicyclic) bond motifs is 2. The molecule has 1 saturated carbocycles. The molecule has 5 nitrogen and oxygen atoms in total. The van der Waals surface area contributed by atoms with Gasteiger partial charge in [-0.2, -0.15) is 0 Å². The predicted octanol–water partition coefficient (Wildman–Crippen LogP) is 0.281. The molecule has 0 aliphatic heterocycles. The van der Waals surface area contributed by atoms with Gasteiger partial charge in [0.05, 0.1) is 0 Å². The molecule has 98 valence electrons. The van der Waals surface area contributed by atoms with Crippen molar-refractivity contribution in [3.63, 3.8) is 0 Å². The zero-order chi connectivity index (χ0) is 13.8. The molecule has 2 aliphatic carbocycles. The fourth-order valence-corrected chi connectivity index (χ4v) is 2.99. The molecule has 3 rings (SSSR count). The molecule has 0 amide bonds. The minimum Gasteiger partial charge on any atom is -0.378 e. The number of carbonyl (C=O) groups is 3. The number of ketones is 3. The van der Waals surface area contributed by atoms with E-state index in [9.17, 15) is 24.6 Å². The van der Waals surface area contributed by atoms with Crippen LogP contribution < -0.4 is 0 Å². The maximum absolute atomic E-state index is 12.4. The van der Waals surface area contributed by atoms with Gasteiger partial charge in [0.15, 0.2) is 17.2 Å². The summed E-state index contributed by atoms with van der Waals surface area (Å²) >= 11 is 0. The van der Waals surface area contributed by atoms with Gasteiger partial charge in [-0.25, -0.2) is 0 Å². The van der Waals surface area contributed by atoms with E-state index in [1.54, 1.807) is 12.1 Å². The summed E-state index contributed by atoms with van der Waals surface area (Å²) in [6.45, 7) is 0. The van der Waals surface area contributed by atoms with Crippen LogP contribution in [-0.2, 0) is 4.79 Å². The van der Waals surface area contributed by atoms with Gasteiger partial charge < -0.3 is 10.2 Å². The first-order valence-corrected chi connectivity index (χ1v) is 6.09. The lowest BCUT2D eigenvalue weighted by atomic mass is 9.60. The highest BCUT2D eigenvalue weighted by Crippen LogP contribution is 2.43. The Morgan fingerprint density at radius 3 is 2.16 bits per heavy atom. The largest absolute Gasteiger partial charge is 0.378 e. The lowest BCUT2D eigenvalue weighted by molar-refractivity contribution is -0.160. The molecule has 1 fully saturated rings. The van der Waals surface area contributed by atoms with Gasteiger partial charge in [-0.1, -0.05) is 24.3 Å². The number of carbonyl (C=O) groups excluding carboxylic acids is 3. The summed E-state index contributed by atoms with van der Waals surface area (Å²) in [5, 5.41) is 20.9. The van der Waals surface area contributed by atoms with Gasteiger partial charge >= 0.3 is 0 Å². The van der Waals surface area contributed by atoms with Crippen molar-refractivity contribution in [3.8, 4) is 0 Å². The second-order valence-corrected chi connectivity index (χ2v) is 5.05. The third-order valence-corrected chi connectivity index (χ3v) is 4.07. The van der Waals surface area contributed by atoms with Crippen molar-refractivity contribution in [1.29, 1.82) is 0 Å². The summed E-state index contributed by atoms with van der Waals surface area (Å²) in [5.41, 5.74) is -4.89. The standard InChI is InChI=1S/C14H12O5/c15-10-6-3-7-13(18)11(16)8-4-1-2-5-9(8)12(17)14(10,13)19/h1-2,4-5,18-19H,3,6-7H2/t13-,14+/m0/s1. The lowest BCUT2D eigenvalue weighted by Gasteiger charge is -2.46. The van der Waals surface area contributed by atoms with Gasteiger partial charge in [0.25, 0.3) is 0 Å². The van der Waals surface area contributed by atoms with Gasteiger partial charge in [-0.3, -0.25) is 14.4 Å². The van der Waals surface area contributed by atoms with E-state index in [-0.39, 0.29) is 30.4 Å². The van der Waals surface area contributed by atoms with E-state index >= 15 is 0 Å². The Labute approximate surface area is 108 Å². The molecule has 0 heterocycles. The van der Waals surface area contributed by atoms with Gasteiger partial charge in [-0.15, -0.1) is 0 Å². The van der Waals surface area contributed by atoms with Gasteiger partial charge in [0.1, 0.15) is 0 Å². The number of hydrogen-bond donors (Lipinski definition) is 2. The Bertz CT molecular complexity index is 620. The van der Waals surface area contributed by atoms with E-state index in [2.05, 4.69) is 0 Å². The summed E-state index contributed by atoms with van der Waals surface area (Å²) < 4.78 is 0. The van der Waals surface area contributed by atoms with E-state index in [0.717, 1.165) is 0 Å². The molecule has 0 saturated heterocycles. The number of rotatable bonds is 0. The Balaban J connectivity index is 2.33. The highest BCUT2D eigenvalue weighted by Gasteiger charge is 2.67. The molecule has 0 bridgehead atoms. The van der Waals surface area contributed by atoms with Crippen LogP contribution in [0.2, 0.25) is 0 Å². The van der Waals surface area contributed by atoms with Gasteiger partial charge in [-0.05, 0) is 12.8 Å². The van der Waals surface area contributed by atoms with Crippen molar-refractivity contribution < 1.29 is 24.6 Å². The van der Waals surface area contributed by atoms with Crippen LogP contribution in [0.4, 0.5) is 0 Å². The van der Waals surface area contributed by atoms with Crippen LogP contribution >= 0.6 is 0 Å². The number of Topliss-reactive ketones (excluding diaryl/α,β-unsaturated/α-hetero) is 3. The van der Waals surface area contributed by atoms with Crippen LogP contribution in [-0.4, -0.2) is 38.8 Å². The molecule has 2 aliphatic rings. The summed E-state index contributed by atoms with van der Waals surface area (Å²) in [6, 6.07) is 5.93. The SMILES string of the molecule is O=C1CCC[C@]2(O)C(=O)c3ccccc3C(=O)[C@]12O. The molecule has 2 N–H and O–H groups in total. The first kappa shape index (κ1) is 12.2. The van der Waals surface area contributed by atoms with Crippen LogP contribution in [0.3, 0.4) is 0 Å². The molecule has 0 radical (unpaired) electrons. The number of hydrogen-bond acceptors (Lipinski definition) is 5. The highest BCUT2D eigenvalue weighted by molar-refractivity contribution is 6.30. The topological polar surface area (TPSA) is 91.7 Å². The molecule has 2 atom stereocenters.